The van der Waals surface area contributed by atoms with E-state index in [9.17, 15) is 5.11 Å². The summed E-state index contributed by atoms with van der Waals surface area (Å²) in [6, 6.07) is 7.52. The minimum absolute atomic E-state index is 0.160. The smallest absolute Gasteiger partial charge is 0.126 e. The van der Waals surface area contributed by atoms with E-state index in [1.807, 2.05) is 38.1 Å². The predicted molar refractivity (Wildman–Crippen MR) is 85.2 cm³/mol. The molecule has 0 amide bonds. The molecule has 5 nitrogen and oxygen atoms in total. The topological polar surface area (TPSA) is 51.2 Å². The zero-order valence-electron chi connectivity index (χ0n) is 13.9. The second-order valence-electron chi connectivity index (χ2n) is 6.15. The maximum absolute atomic E-state index is 10.9. The summed E-state index contributed by atoms with van der Waals surface area (Å²) >= 11 is 0. The van der Waals surface area contributed by atoms with E-state index >= 15 is 0 Å². The molecule has 22 heavy (non-hydrogen) atoms. The van der Waals surface area contributed by atoms with Gasteiger partial charge in [0.25, 0.3) is 0 Å². The van der Waals surface area contributed by atoms with E-state index in [0.717, 1.165) is 24.4 Å². The van der Waals surface area contributed by atoms with Crippen molar-refractivity contribution in [1.29, 1.82) is 0 Å². The summed E-state index contributed by atoms with van der Waals surface area (Å²) in [5, 5.41) is 10.9. The first-order chi connectivity index (χ1) is 10.5. The van der Waals surface area contributed by atoms with E-state index in [4.69, 9.17) is 14.2 Å². The average Bonchev–Trinajstić information content (AvgIpc) is 2.48. The number of nitrogens with zero attached hydrogens (tertiary/aromatic N) is 1. The van der Waals surface area contributed by atoms with Gasteiger partial charge in [-0.25, -0.2) is 0 Å². The third-order valence-corrected chi connectivity index (χ3v) is 4.18. The van der Waals surface area contributed by atoms with Gasteiger partial charge >= 0.3 is 0 Å². The second kappa shape index (κ2) is 7.42. The number of ether oxygens (including phenoxy) is 3. The third-order valence-electron chi connectivity index (χ3n) is 4.18. The van der Waals surface area contributed by atoms with Gasteiger partial charge in [-0.1, -0.05) is 18.2 Å². The van der Waals surface area contributed by atoms with Crippen LogP contribution in [0.25, 0.3) is 0 Å². The number of hydrogen-bond donors (Lipinski definition) is 1. The quantitative estimate of drug-likeness (QED) is 0.833. The van der Waals surface area contributed by atoms with E-state index in [2.05, 4.69) is 4.90 Å². The SMILES string of the molecule is COCCN(CCOC)C1C(O)c2ccccc2OC1(C)C. The average molecular weight is 309 g/mol. The summed E-state index contributed by atoms with van der Waals surface area (Å²) < 4.78 is 16.6. The summed E-state index contributed by atoms with van der Waals surface area (Å²) in [5.41, 5.74) is 0.335. The van der Waals surface area contributed by atoms with Crippen LogP contribution in [0.1, 0.15) is 25.5 Å². The molecule has 1 N–H and O–H groups in total. The fraction of sp³-hybridized carbons (Fsp3) is 0.647. The van der Waals surface area contributed by atoms with E-state index in [0.29, 0.717) is 13.2 Å². The molecule has 1 aliphatic rings. The maximum atomic E-state index is 10.9. The van der Waals surface area contributed by atoms with Crippen molar-refractivity contribution in [3.8, 4) is 5.75 Å². The maximum Gasteiger partial charge on any atom is 0.126 e. The molecule has 1 aliphatic heterocycles. The lowest BCUT2D eigenvalue weighted by Gasteiger charge is -2.48. The molecule has 2 atom stereocenters. The van der Waals surface area contributed by atoms with Gasteiger partial charge in [0.05, 0.1) is 19.3 Å². The number of benzene rings is 1. The Bertz CT molecular complexity index is 469. The van der Waals surface area contributed by atoms with Crippen molar-refractivity contribution in [1.82, 2.24) is 4.90 Å². The molecule has 1 aromatic rings. The molecule has 0 bridgehead atoms. The van der Waals surface area contributed by atoms with E-state index in [-0.39, 0.29) is 6.04 Å². The highest BCUT2D eigenvalue weighted by molar-refractivity contribution is 5.39. The van der Waals surface area contributed by atoms with Gasteiger partial charge in [-0.2, -0.15) is 0 Å². The number of rotatable bonds is 7. The van der Waals surface area contributed by atoms with E-state index in [1.54, 1.807) is 14.2 Å². The fourth-order valence-electron chi connectivity index (χ4n) is 3.16. The Morgan fingerprint density at radius 2 is 1.73 bits per heavy atom. The molecule has 0 fully saturated rings. The molecule has 0 aliphatic carbocycles. The number of methoxy groups -OCH3 is 2. The first kappa shape index (κ1) is 17.2. The first-order valence-corrected chi connectivity index (χ1v) is 7.69. The van der Waals surface area contributed by atoms with Crippen LogP contribution in [0.3, 0.4) is 0 Å². The second-order valence-corrected chi connectivity index (χ2v) is 6.15. The van der Waals surface area contributed by atoms with Crippen LogP contribution in [0, 0.1) is 0 Å². The van der Waals surface area contributed by atoms with Gasteiger partial charge in [0.2, 0.25) is 0 Å². The molecule has 0 radical (unpaired) electrons. The molecule has 124 valence electrons. The highest BCUT2D eigenvalue weighted by Crippen LogP contribution is 2.41. The molecule has 2 rings (SSSR count). The van der Waals surface area contributed by atoms with Crippen molar-refractivity contribution in [2.24, 2.45) is 0 Å². The number of hydrogen-bond acceptors (Lipinski definition) is 5. The van der Waals surface area contributed by atoms with E-state index < -0.39 is 11.7 Å². The van der Waals surface area contributed by atoms with Crippen LogP contribution in [0.4, 0.5) is 0 Å². The number of fused-ring (bicyclic) bond motifs is 1. The summed E-state index contributed by atoms with van der Waals surface area (Å²) in [4.78, 5) is 2.19. The van der Waals surface area contributed by atoms with Crippen LogP contribution < -0.4 is 4.74 Å². The van der Waals surface area contributed by atoms with Crippen LogP contribution in [0.2, 0.25) is 0 Å². The predicted octanol–water partition coefficient (Wildman–Crippen LogP) is 1.85. The Labute approximate surface area is 132 Å². The summed E-state index contributed by atoms with van der Waals surface area (Å²) in [5.74, 6) is 0.759. The lowest BCUT2D eigenvalue weighted by atomic mass is 9.85. The Kier molecular flexibility index (Phi) is 5.81. The van der Waals surface area contributed by atoms with Crippen molar-refractivity contribution in [3.05, 3.63) is 29.8 Å². The molecular formula is C17H27NO4. The minimum atomic E-state index is -0.603. The number of aliphatic hydroxyl groups is 1. The zero-order chi connectivity index (χ0) is 16.2. The largest absolute Gasteiger partial charge is 0.486 e. The Hall–Kier alpha value is -1.14. The Morgan fingerprint density at radius 1 is 1.14 bits per heavy atom. The third kappa shape index (κ3) is 3.60. The molecular weight excluding hydrogens is 282 g/mol. The lowest BCUT2D eigenvalue weighted by Crippen LogP contribution is -2.59. The van der Waals surface area contributed by atoms with Gasteiger partial charge in [-0.05, 0) is 19.9 Å². The summed E-state index contributed by atoms with van der Waals surface area (Å²) in [7, 11) is 3.37. The van der Waals surface area contributed by atoms with Crippen molar-refractivity contribution in [2.45, 2.75) is 31.6 Å². The first-order valence-electron chi connectivity index (χ1n) is 7.69. The molecule has 2 unspecified atom stereocenters. The monoisotopic (exact) mass is 309 g/mol. The van der Waals surface area contributed by atoms with Crippen LogP contribution >= 0.6 is 0 Å². The van der Waals surface area contributed by atoms with Crippen molar-refractivity contribution in [2.75, 3.05) is 40.5 Å². The summed E-state index contributed by atoms with van der Waals surface area (Å²) in [6.45, 7) is 6.68. The molecule has 1 aromatic carbocycles. The van der Waals surface area contributed by atoms with Gasteiger partial charge in [0.1, 0.15) is 17.5 Å². The highest BCUT2D eigenvalue weighted by atomic mass is 16.5. The van der Waals surface area contributed by atoms with Gasteiger partial charge in [-0.15, -0.1) is 0 Å². The Morgan fingerprint density at radius 3 is 2.32 bits per heavy atom. The summed E-state index contributed by atoms with van der Waals surface area (Å²) in [6.07, 6.45) is -0.603. The molecule has 0 spiro atoms. The molecule has 0 aromatic heterocycles. The van der Waals surface area contributed by atoms with Crippen molar-refractivity contribution >= 4 is 0 Å². The molecule has 0 saturated carbocycles. The lowest BCUT2D eigenvalue weighted by molar-refractivity contribution is -0.0906. The number of para-hydroxylation sites is 1. The normalized spacial score (nSPS) is 23.2. The number of aliphatic hydroxyl groups excluding tert-OH is 1. The molecule has 5 heteroatoms. The molecule has 0 saturated heterocycles. The van der Waals surface area contributed by atoms with Gasteiger partial charge in [0.15, 0.2) is 0 Å². The van der Waals surface area contributed by atoms with Gasteiger partial charge in [0, 0.05) is 32.9 Å². The van der Waals surface area contributed by atoms with Crippen LogP contribution in [-0.4, -0.2) is 62.2 Å². The van der Waals surface area contributed by atoms with Crippen LogP contribution in [0.5, 0.6) is 5.75 Å². The van der Waals surface area contributed by atoms with Crippen LogP contribution in [-0.2, 0) is 9.47 Å². The van der Waals surface area contributed by atoms with Crippen molar-refractivity contribution < 1.29 is 19.3 Å². The van der Waals surface area contributed by atoms with E-state index in [1.165, 1.54) is 0 Å². The van der Waals surface area contributed by atoms with Crippen molar-refractivity contribution in [3.63, 3.8) is 0 Å². The van der Waals surface area contributed by atoms with Gasteiger partial charge < -0.3 is 19.3 Å². The zero-order valence-corrected chi connectivity index (χ0v) is 13.9. The van der Waals surface area contributed by atoms with Crippen LogP contribution in [0.15, 0.2) is 24.3 Å². The molecule has 1 heterocycles. The highest BCUT2D eigenvalue weighted by Gasteiger charge is 2.46. The standard InChI is InChI=1S/C17H27NO4/c1-17(2)16(18(9-11-20-3)10-12-21-4)15(19)13-7-5-6-8-14(13)22-17/h5-8,15-16,19H,9-12H2,1-4H3. The Balaban J connectivity index is 2.28. The fourth-order valence-corrected chi connectivity index (χ4v) is 3.16. The minimum Gasteiger partial charge on any atom is -0.486 e. The van der Waals surface area contributed by atoms with Gasteiger partial charge in [-0.3, -0.25) is 4.90 Å².